The van der Waals surface area contributed by atoms with Gasteiger partial charge in [-0.15, -0.1) is 0 Å². The molecule has 0 atom stereocenters. The zero-order valence-corrected chi connectivity index (χ0v) is 17.0. The molecule has 0 bridgehead atoms. The average molecular weight is 418 g/mol. The first-order valence-corrected chi connectivity index (χ1v) is 10.4. The van der Waals surface area contributed by atoms with E-state index in [1.165, 1.54) is 18.5 Å². The van der Waals surface area contributed by atoms with Crippen LogP contribution < -0.4 is 15.1 Å². The minimum Gasteiger partial charge on any atom is -0.371 e. The molecule has 0 spiro atoms. The monoisotopic (exact) mass is 417 g/mol. The molecule has 2 aliphatic rings. The number of hydrogen-bond acceptors (Lipinski definition) is 3. The van der Waals surface area contributed by atoms with Gasteiger partial charge in [-0.25, -0.2) is 9.69 Å². The van der Waals surface area contributed by atoms with Crippen molar-refractivity contribution in [3.63, 3.8) is 0 Å². The third-order valence-corrected chi connectivity index (χ3v) is 5.90. The summed E-state index contributed by atoms with van der Waals surface area (Å²) >= 11 is 5.92. The number of halogens is 1. The zero-order valence-electron chi connectivity index (χ0n) is 16.3. The van der Waals surface area contributed by atoms with Crippen LogP contribution in [0, 0.1) is 0 Å². The van der Waals surface area contributed by atoms with Crippen LogP contribution in [0.15, 0.2) is 66.4 Å². The number of amides is 3. The van der Waals surface area contributed by atoms with E-state index >= 15 is 0 Å². The maximum absolute atomic E-state index is 13.0. The number of imide groups is 1. The van der Waals surface area contributed by atoms with Crippen LogP contribution in [0.2, 0.25) is 5.02 Å². The van der Waals surface area contributed by atoms with E-state index in [0.717, 1.165) is 34.3 Å². The van der Waals surface area contributed by atoms with Crippen molar-refractivity contribution in [1.82, 2.24) is 5.32 Å². The molecule has 2 aliphatic heterocycles. The van der Waals surface area contributed by atoms with Gasteiger partial charge in [-0.2, -0.15) is 0 Å². The van der Waals surface area contributed by atoms with Gasteiger partial charge < -0.3 is 10.2 Å². The predicted octanol–water partition coefficient (Wildman–Crippen LogP) is 5.19. The van der Waals surface area contributed by atoms with Crippen LogP contribution >= 0.6 is 11.6 Å². The van der Waals surface area contributed by atoms with Crippen molar-refractivity contribution in [3.8, 4) is 0 Å². The van der Waals surface area contributed by atoms with Crippen molar-refractivity contribution in [2.75, 3.05) is 22.9 Å². The highest BCUT2D eigenvalue weighted by molar-refractivity contribution is 6.31. The molecule has 0 unspecified atom stereocenters. The largest absolute Gasteiger partial charge is 0.371 e. The Balaban J connectivity index is 1.53. The standard InChI is InChI=1S/C24H20ClN3O2/c25-17-8-10-18(11-9-17)28-23(29)21(26-24(28)30)15-16-7-12-22(27-13-3-4-14-27)20-6-2-1-5-19(16)20/h1-2,5-12,15H,3-4,13-14H2,(H,26,30)/b21-15+. The summed E-state index contributed by atoms with van der Waals surface area (Å²) in [5.41, 5.74) is 2.86. The van der Waals surface area contributed by atoms with E-state index in [9.17, 15) is 9.59 Å². The number of nitrogens with one attached hydrogen (secondary N) is 1. The Morgan fingerprint density at radius 2 is 1.57 bits per heavy atom. The molecule has 0 radical (unpaired) electrons. The number of benzene rings is 3. The van der Waals surface area contributed by atoms with Gasteiger partial charge in [0.2, 0.25) is 0 Å². The van der Waals surface area contributed by atoms with Crippen LogP contribution in [0.1, 0.15) is 18.4 Å². The van der Waals surface area contributed by atoms with E-state index < -0.39 is 6.03 Å². The van der Waals surface area contributed by atoms with Gasteiger partial charge in [-0.05, 0) is 60.2 Å². The number of nitrogens with zero attached hydrogens (tertiary/aromatic N) is 2. The van der Waals surface area contributed by atoms with Crippen LogP contribution in [0.25, 0.3) is 16.8 Å². The second kappa shape index (κ2) is 7.50. The number of urea groups is 1. The molecule has 0 saturated carbocycles. The molecule has 0 aromatic heterocycles. The number of rotatable bonds is 3. The molecule has 30 heavy (non-hydrogen) atoms. The van der Waals surface area contributed by atoms with E-state index in [2.05, 4.69) is 28.4 Å². The minimum atomic E-state index is -0.466. The second-order valence-corrected chi connectivity index (χ2v) is 7.96. The maximum atomic E-state index is 13.0. The maximum Gasteiger partial charge on any atom is 0.333 e. The van der Waals surface area contributed by atoms with Crippen molar-refractivity contribution < 1.29 is 9.59 Å². The summed E-state index contributed by atoms with van der Waals surface area (Å²) < 4.78 is 0. The van der Waals surface area contributed by atoms with E-state index in [1.54, 1.807) is 30.3 Å². The van der Waals surface area contributed by atoms with E-state index in [-0.39, 0.29) is 11.6 Å². The molecule has 150 valence electrons. The highest BCUT2D eigenvalue weighted by Gasteiger charge is 2.35. The first-order chi connectivity index (χ1) is 14.6. The fourth-order valence-corrected chi connectivity index (χ4v) is 4.31. The summed E-state index contributed by atoms with van der Waals surface area (Å²) in [6.45, 7) is 2.13. The molecule has 2 fully saturated rings. The SMILES string of the molecule is O=C1N/C(=C/c2ccc(N3CCCC3)c3ccccc23)C(=O)N1c1ccc(Cl)cc1. The minimum absolute atomic E-state index is 0.258. The lowest BCUT2D eigenvalue weighted by atomic mass is 10.0. The van der Waals surface area contributed by atoms with Gasteiger partial charge in [0.15, 0.2) is 0 Å². The third kappa shape index (κ3) is 3.21. The van der Waals surface area contributed by atoms with E-state index in [4.69, 9.17) is 11.6 Å². The fourth-order valence-electron chi connectivity index (χ4n) is 4.18. The highest BCUT2D eigenvalue weighted by atomic mass is 35.5. The van der Waals surface area contributed by atoms with Crippen LogP contribution in [0.5, 0.6) is 0 Å². The number of anilines is 2. The molecule has 5 rings (SSSR count). The Morgan fingerprint density at radius 1 is 0.867 bits per heavy atom. The molecule has 3 aromatic rings. The summed E-state index contributed by atoms with van der Waals surface area (Å²) in [6.07, 6.45) is 4.18. The molecule has 3 amide bonds. The summed E-state index contributed by atoms with van der Waals surface area (Å²) in [5, 5.41) is 5.46. The van der Waals surface area contributed by atoms with Crippen LogP contribution in [0.3, 0.4) is 0 Å². The summed E-state index contributed by atoms with van der Waals surface area (Å²) in [4.78, 5) is 29.0. The topological polar surface area (TPSA) is 52.7 Å². The quantitative estimate of drug-likeness (QED) is 0.471. The van der Waals surface area contributed by atoms with Gasteiger partial charge >= 0.3 is 6.03 Å². The normalized spacial score (nSPS) is 18.0. The first-order valence-electron chi connectivity index (χ1n) is 10.0. The molecule has 2 heterocycles. The summed E-state index contributed by atoms with van der Waals surface area (Å²) in [6, 6.07) is 18.5. The first kappa shape index (κ1) is 18.7. The highest BCUT2D eigenvalue weighted by Crippen LogP contribution is 2.33. The van der Waals surface area contributed by atoms with Crippen LogP contribution in [-0.2, 0) is 4.79 Å². The summed E-state index contributed by atoms with van der Waals surface area (Å²) in [5.74, 6) is -0.380. The number of hydrogen-bond donors (Lipinski definition) is 1. The second-order valence-electron chi connectivity index (χ2n) is 7.52. The third-order valence-electron chi connectivity index (χ3n) is 5.64. The van der Waals surface area contributed by atoms with E-state index in [0.29, 0.717) is 10.7 Å². The molecule has 1 N–H and O–H groups in total. The Morgan fingerprint density at radius 3 is 2.30 bits per heavy atom. The molecular weight excluding hydrogens is 398 g/mol. The molecule has 6 heteroatoms. The Bertz CT molecular complexity index is 1180. The summed E-state index contributed by atoms with van der Waals surface area (Å²) in [7, 11) is 0. The smallest absolute Gasteiger partial charge is 0.333 e. The Kier molecular flexibility index (Phi) is 4.68. The average Bonchev–Trinajstić information content (AvgIpc) is 3.38. The van der Waals surface area contributed by atoms with E-state index in [1.807, 2.05) is 18.2 Å². The van der Waals surface area contributed by atoms with Crippen molar-refractivity contribution in [3.05, 3.63) is 76.9 Å². The van der Waals surface area contributed by atoms with Crippen LogP contribution in [-0.4, -0.2) is 25.0 Å². The zero-order chi connectivity index (χ0) is 20.7. The van der Waals surface area contributed by atoms with Gasteiger partial charge in [0.25, 0.3) is 5.91 Å². The van der Waals surface area contributed by atoms with Gasteiger partial charge in [0.05, 0.1) is 5.69 Å². The van der Waals surface area contributed by atoms with Gasteiger partial charge in [0, 0.05) is 29.2 Å². The Labute approximate surface area is 179 Å². The van der Waals surface area contributed by atoms with Crippen molar-refractivity contribution in [2.45, 2.75) is 12.8 Å². The lowest BCUT2D eigenvalue weighted by Gasteiger charge is -2.20. The molecular formula is C24H20ClN3O2. The lowest BCUT2D eigenvalue weighted by molar-refractivity contribution is -0.113. The molecule has 0 aliphatic carbocycles. The van der Waals surface area contributed by atoms with Crippen LogP contribution in [0.4, 0.5) is 16.2 Å². The predicted molar refractivity (Wildman–Crippen MR) is 121 cm³/mol. The van der Waals surface area contributed by atoms with Crippen molar-refractivity contribution >= 4 is 51.8 Å². The van der Waals surface area contributed by atoms with Gasteiger partial charge in [-0.3, -0.25) is 4.79 Å². The van der Waals surface area contributed by atoms with Gasteiger partial charge in [0.1, 0.15) is 5.70 Å². The lowest BCUT2D eigenvalue weighted by Crippen LogP contribution is -2.30. The molecule has 5 nitrogen and oxygen atoms in total. The molecule has 3 aromatic carbocycles. The fraction of sp³-hybridized carbons (Fsp3) is 0.167. The van der Waals surface area contributed by atoms with Gasteiger partial charge in [-0.1, -0.05) is 41.9 Å². The van der Waals surface area contributed by atoms with Crippen molar-refractivity contribution in [1.29, 1.82) is 0 Å². The number of carbonyl (C=O) groups excluding carboxylic acids is 2. The number of fused-ring (bicyclic) bond motifs is 1. The molecule has 2 saturated heterocycles. The Hall–Kier alpha value is -3.31. The van der Waals surface area contributed by atoms with Crippen molar-refractivity contribution in [2.24, 2.45) is 0 Å². The number of carbonyl (C=O) groups is 2.